The molecule has 15 heavy (non-hydrogen) atoms. The summed E-state index contributed by atoms with van der Waals surface area (Å²) in [6.07, 6.45) is 1.56. The van der Waals surface area contributed by atoms with E-state index in [-0.39, 0.29) is 5.56 Å². The van der Waals surface area contributed by atoms with Gasteiger partial charge in [-0.1, -0.05) is 0 Å². The van der Waals surface area contributed by atoms with Crippen molar-refractivity contribution in [3.05, 3.63) is 27.6 Å². The van der Waals surface area contributed by atoms with Crippen LogP contribution in [0.1, 0.15) is 5.69 Å². The third-order valence-electron chi connectivity index (χ3n) is 2.42. The first-order valence-corrected chi connectivity index (χ1v) is 5.35. The molecule has 0 atom stereocenters. The summed E-state index contributed by atoms with van der Waals surface area (Å²) in [5.74, 6) is 0. The summed E-state index contributed by atoms with van der Waals surface area (Å²) in [7, 11) is 1.78. The predicted molar refractivity (Wildman–Crippen MR) is 58.3 cm³/mol. The number of fused-ring (bicyclic) bond motifs is 2. The molecule has 0 fully saturated rings. The second kappa shape index (κ2) is 2.66. The van der Waals surface area contributed by atoms with E-state index in [1.807, 2.05) is 12.3 Å². The van der Waals surface area contributed by atoms with Crippen LogP contribution >= 0.6 is 11.3 Å². The van der Waals surface area contributed by atoms with E-state index >= 15 is 0 Å². The molecule has 76 valence electrons. The molecule has 0 aliphatic heterocycles. The minimum Gasteiger partial charge on any atom is -0.268 e. The number of rotatable bonds is 0. The predicted octanol–water partition coefficient (Wildman–Crippen LogP) is 0.951. The van der Waals surface area contributed by atoms with Gasteiger partial charge in [0.25, 0.3) is 5.56 Å². The van der Waals surface area contributed by atoms with Gasteiger partial charge in [0.15, 0.2) is 10.6 Å². The highest BCUT2D eigenvalue weighted by Crippen LogP contribution is 2.14. The average Bonchev–Trinajstić information content (AvgIpc) is 2.74. The van der Waals surface area contributed by atoms with E-state index in [1.165, 1.54) is 11.3 Å². The minimum absolute atomic E-state index is 0.0400. The Bertz CT molecular complexity index is 721. The monoisotopic (exact) mass is 220 g/mol. The first-order valence-electron chi connectivity index (χ1n) is 4.47. The molecule has 3 rings (SSSR count). The molecule has 0 aliphatic rings. The van der Waals surface area contributed by atoms with Crippen LogP contribution in [0.15, 0.2) is 16.4 Å². The second-order valence-electron chi connectivity index (χ2n) is 3.42. The van der Waals surface area contributed by atoms with Crippen molar-refractivity contribution in [3.63, 3.8) is 0 Å². The quantitative estimate of drug-likeness (QED) is 0.567. The molecular weight excluding hydrogens is 212 g/mol. The van der Waals surface area contributed by atoms with Gasteiger partial charge in [-0.2, -0.15) is 5.10 Å². The van der Waals surface area contributed by atoms with Crippen LogP contribution in [-0.4, -0.2) is 19.2 Å². The van der Waals surface area contributed by atoms with Crippen LogP contribution in [-0.2, 0) is 7.05 Å². The normalized spacial score (nSPS) is 11.6. The fourth-order valence-corrected chi connectivity index (χ4v) is 2.50. The molecule has 0 aromatic carbocycles. The lowest BCUT2D eigenvalue weighted by atomic mass is 10.4. The van der Waals surface area contributed by atoms with Crippen molar-refractivity contribution in [2.45, 2.75) is 6.92 Å². The molecule has 3 aromatic heterocycles. The Morgan fingerprint density at radius 1 is 1.47 bits per heavy atom. The largest absolute Gasteiger partial charge is 0.269 e. The highest BCUT2D eigenvalue weighted by molar-refractivity contribution is 7.15. The Labute approximate surface area is 88.6 Å². The Balaban J connectivity index is 2.70. The number of aryl methyl sites for hydroxylation is 2. The third kappa shape index (κ3) is 0.992. The van der Waals surface area contributed by atoms with E-state index in [0.29, 0.717) is 16.0 Å². The molecule has 0 saturated heterocycles. The van der Waals surface area contributed by atoms with Crippen molar-refractivity contribution >= 4 is 27.3 Å². The van der Waals surface area contributed by atoms with Crippen molar-refractivity contribution in [2.24, 2.45) is 7.05 Å². The highest BCUT2D eigenvalue weighted by Gasteiger charge is 2.11. The van der Waals surface area contributed by atoms with Crippen molar-refractivity contribution in [1.29, 1.82) is 0 Å². The Hall–Kier alpha value is -1.69. The Morgan fingerprint density at radius 3 is 3.07 bits per heavy atom. The molecular formula is C9H8N4OS. The van der Waals surface area contributed by atoms with Gasteiger partial charge in [0.2, 0.25) is 0 Å². The smallest absolute Gasteiger partial charge is 0.268 e. The summed E-state index contributed by atoms with van der Waals surface area (Å²) >= 11 is 1.47. The summed E-state index contributed by atoms with van der Waals surface area (Å²) in [5, 5.41) is 6.53. The topological polar surface area (TPSA) is 52.2 Å². The van der Waals surface area contributed by atoms with E-state index in [4.69, 9.17) is 0 Å². The summed E-state index contributed by atoms with van der Waals surface area (Å²) < 4.78 is 3.24. The highest BCUT2D eigenvalue weighted by atomic mass is 32.1. The molecule has 0 spiro atoms. The summed E-state index contributed by atoms with van der Waals surface area (Å²) in [4.78, 5) is 17.2. The molecule has 5 nitrogen and oxygen atoms in total. The first kappa shape index (κ1) is 8.60. The molecule has 0 radical (unpaired) electrons. The van der Waals surface area contributed by atoms with E-state index in [1.54, 1.807) is 22.3 Å². The summed E-state index contributed by atoms with van der Waals surface area (Å²) in [6.45, 7) is 1.90. The van der Waals surface area contributed by atoms with Crippen molar-refractivity contribution in [2.75, 3.05) is 0 Å². The van der Waals surface area contributed by atoms with Crippen LogP contribution < -0.4 is 5.56 Å². The molecule has 0 N–H and O–H groups in total. The van der Waals surface area contributed by atoms with Crippen molar-refractivity contribution < 1.29 is 0 Å². The molecule has 0 aliphatic carbocycles. The zero-order valence-electron chi connectivity index (χ0n) is 8.26. The number of aromatic nitrogens is 4. The van der Waals surface area contributed by atoms with Crippen LogP contribution in [0, 0.1) is 6.92 Å². The molecule has 0 saturated carbocycles. The minimum atomic E-state index is -0.0400. The second-order valence-corrected chi connectivity index (χ2v) is 4.25. The van der Waals surface area contributed by atoms with Gasteiger partial charge < -0.3 is 0 Å². The van der Waals surface area contributed by atoms with E-state index in [2.05, 4.69) is 10.1 Å². The maximum atomic E-state index is 12.1. The lowest BCUT2D eigenvalue weighted by molar-refractivity contribution is 0.787. The van der Waals surface area contributed by atoms with E-state index in [0.717, 1.165) is 5.69 Å². The first-order chi connectivity index (χ1) is 7.18. The number of hydrogen-bond donors (Lipinski definition) is 0. The van der Waals surface area contributed by atoms with Crippen LogP contribution in [0.4, 0.5) is 0 Å². The standard InChI is InChI=1S/C9H8N4OS/c1-5-4-15-9-11-7-6(3-10-12(7)2)8(14)13(5)9/h3-4H,1-2H3. The average molecular weight is 220 g/mol. The lowest BCUT2D eigenvalue weighted by Gasteiger charge is -1.96. The zero-order chi connectivity index (χ0) is 10.6. The van der Waals surface area contributed by atoms with E-state index < -0.39 is 0 Å². The third-order valence-corrected chi connectivity index (χ3v) is 3.37. The Morgan fingerprint density at radius 2 is 2.27 bits per heavy atom. The fraction of sp³-hybridized carbons (Fsp3) is 0.222. The maximum Gasteiger partial charge on any atom is 0.269 e. The van der Waals surface area contributed by atoms with Crippen LogP contribution in [0.5, 0.6) is 0 Å². The molecule has 0 amide bonds. The number of hydrogen-bond acceptors (Lipinski definition) is 4. The number of nitrogens with zero attached hydrogens (tertiary/aromatic N) is 4. The number of thiazole rings is 1. The van der Waals surface area contributed by atoms with Gasteiger partial charge in [-0.25, -0.2) is 4.98 Å². The molecule has 0 bridgehead atoms. The zero-order valence-corrected chi connectivity index (χ0v) is 9.08. The van der Waals surface area contributed by atoms with E-state index in [9.17, 15) is 4.79 Å². The van der Waals surface area contributed by atoms with Gasteiger partial charge in [-0.05, 0) is 6.92 Å². The van der Waals surface area contributed by atoms with Crippen molar-refractivity contribution in [1.82, 2.24) is 19.2 Å². The molecule has 0 unspecified atom stereocenters. The van der Waals surface area contributed by atoms with Crippen molar-refractivity contribution in [3.8, 4) is 0 Å². The van der Waals surface area contributed by atoms with Gasteiger partial charge in [0.1, 0.15) is 5.39 Å². The van der Waals surface area contributed by atoms with Crippen LogP contribution in [0.25, 0.3) is 16.0 Å². The fourth-order valence-electron chi connectivity index (χ4n) is 1.64. The van der Waals surface area contributed by atoms with Gasteiger partial charge in [-0.15, -0.1) is 11.3 Å². The molecule has 3 heterocycles. The Kier molecular flexibility index (Phi) is 1.53. The summed E-state index contributed by atoms with van der Waals surface area (Å²) in [6, 6.07) is 0. The maximum absolute atomic E-state index is 12.1. The SMILES string of the molecule is Cc1csc2nc3c(cnn3C)c(=O)n12. The molecule has 6 heteroatoms. The van der Waals surface area contributed by atoms with Gasteiger partial charge >= 0.3 is 0 Å². The van der Waals surface area contributed by atoms with Crippen LogP contribution in [0.3, 0.4) is 0 Å². The molecule has 3 aromatic rings. The van der Waals surface area contributed by atoms with Gasteiger partial charge in [0.05, 0.1) is 6.20 Å². The van der Waals surface area contributed by atoms with Crippen LogP contribution in [0.2, 0.25) is 0 Å². The summed E-state index contributed by atoms with van der Waals surface area (Å²) in [5.41, 5.74) is 1.52. The van der Waals surface area contributed by atoms with Gasteiger partial charge in [-0.3, -0.25) is 13.9 Å². The lowest BCUT2D eigenvalue weighted by Crippen LogP contribution is -2.14. The van der Waals surface area contributed by atoms with Gasteiger partial charge in [0, 0.05) is 18.1 Å².